The molecule has 1 N–H and O–H groups in total. The molecule has 0 aliphatic carbocycles. The third-order valence-electron chi connectivity index (χ3n) is 4.20. The lowest BCUT2D eigenvalue weighted by atomic mass is 9.70. The number of nitrogens with zero attached hydrogens (tertiary/aromatic N) is 1. The minimum absolute atomic E-state index is 0.203. The van der Waals surface area contributed by atoms with Crippen LogP contribution in [-0.4, -0.2) is 36.8 Å². The maximum atomic E-state index is 9.35. The molecule has 0 unspecified atom stereocenters. The van der Waals surface area contributed by atoms with E-state index in [1.807, 2.05) is 0 Å². The average molecular weight is 233 g/mol. The van der Waals surface area contributed by atoms with E-state index in [1.54, 1.807) is 0 Å². The molecule has 0 spiro atoms. The van der Waals surface area contributed by atoms with Crippen LogP contribution in [0.25, 0.3) is 0 Å². The van der Waals surface area contributed by atoms with Crippen molar-refractivity contribution in [3.05, 3.63) is 35.4 Å². The van der Waals surface area contributed by atoms with Crippen LogP contribution in [0, 0.1) is 6.92 Å². The van der Waals surface area contributed by atoms with Crippen molar-refractivity contribution in [2.45, 2.75) is 31.6 Å². The summed E-state index contributed by atoms with van der Waals surface area (Å²) in [4.78, 5) is 2.38. The van der Waals surface area contributed by atoms with Gasteiger partial charge in [-0.15, -0.1) is 0 Å². The number of aliphatic hydroxyl groups is 1. The zero-order chi connectivity index (χ0) is 12.3. The Morgan fingerprint density at radius 3 is 2.29 bits per heavy atom. The number of piperidine rings is 1. The predicted molar refractivity (Wildman–Crippen MR) is 71.3 cm³/mol. The molecule has 0 amide bonds. The number of aliphatic hydroxyl groups excluding tert-OH is 1. The molecule has 0 aromatic heterocycles. The third kappa shape index (κ3) is 2.70. The molecule has 1 fully saturated rings. The number of likely N-dealkylation sites (tertiary alicyclic amines) is 1. The second-order valence-electron chi connectivity index (χ2n) is 5.42. The summed E-state index contributed by atoms with van der Waals surface area (Å²) in [7, 11) is 2.18. The van der Waals surface area contributed by atoms with Gasteiger partial charge in [0.1, 0.15) is 0 Å². The average Bonchev–Trinajstić information content (AvgIpc) is 2.34. The molecule has 2 rings (SSSR count). The number of rotatable bonds is 3. The maximum absolute atomic E-state index is 9.35. The fraction of sp³-hybridized carbons (Fsp3) is 0.600. The summed E-state index contributed by atoms with van der Waals surface area (Å²) in [6.45, 7) is 4.68. The van der Waals surface area contributed by atoms with E-state index in [1.165, 1.54) is 11.1 Å². The van der Waals surface area contributed by atoms with Crippen LogP contribution in [0.4, 0.5) is 0 Å². The molecule has 1 aliphatic heterocycles. The summed E-state index contributed by atoms with van der Waals surface area (Å²) < 4.78 is 0. The lowest BCUT2D eigenvalue weighted by Crippen LogP contribution is -2.41. The van der Waals surface area contributed by atoms with Crippen LogP contribution in [0.3, 0.4) is 0 Å². The Hall–Kier alpha value is -0.860. The molecule has 1 aromatic rings. The van der Waals surface area contributed by atoms with Crippen molar-refractivity contribution in [2.24, 2.45) is 0 Å². The minimum Gasteiger partial charge on any atom is -0.396 e. The van der Waals surface area contributed by atoms with Gasteiger partial charge in [-0.2, -0.15) is 0 Å². The molecule has 1 aliphatic rings. The number of benzene rings is 1. The highest BCUT2D eigenvalue weighted by atomic mass is 16.3. The van der Waals surface area contributed by atoms with Crippen LogP contribution < -0.4 is 0 Å². The van der Waals surface area contributed by atoms with Crippen LogP contribution in [0.1, 0.15) is 30.4 Å². The Morgan fingerprint density at radius 1 is 1.18 bits per heavy atom. The van der Waals surface area contributed by atoms with E-state index in [0.717, 1.165) is 32.4 Å². The van der Waals surface area contributed by atoms with Crippen molar-refractivity contribution >= 4 is 0 Å². The highest BCUT2D eigenvalue weighted by Crippen LogP contribution is 2.38. The molecular weight excluding hydrogens is 210 g/mol. The zero-order valence-electron chi connectivity index (χ0n) is 10.9. The van der Waals surface area contributed by atoms with Crippen molar-refractivity contribution in [3.63, 3.8) is 0 Å². The van der Waals surface area contributed by atoms with Crippen molar-refractivity contribution in [1.82, 2.24) is 4.90 Å². The molecule has 1 aromatic carbocycles. The Bertz CT molecular complexity index is 350. The summed E-state index contributed by atoms with van der Waals surface area (Å²) in [6, 6.07) is 8.87. The van der Waals surface area contributed by atoms with E-state index >= 15 is 0 Å². The Morgan fingerprint density at radius 2 is 1.76 bits per heavy atom. The van der Waals surface area contributed by atoms with Gasteiger partial charge in [-0.3, -0.25) is 0 Å². The molecule has 2 nitrogen and oxygen atoms in total. The first-order chi connectivity index (χ1) is 8.16. The van der Waals surface area contributed by atoms with E-state index in [0.29, 0.717) is 0 Å². The first-order valence-electron chi connectivity index (χ1n) is 6.53. The van der Waals surface area contributed by atoms with Crippen molar-refractivity contribution in [1.29, 1.82) is 0 Å². The van der Waals surface area contributed by atoms with Gasteiger partial charge in [0.2, 0.25) is 0 Å². The Kier molecular flexibility index (Phi) is 3.85. The summed E-state index contributed by atoms with van der Waals surface area (Å²) in [5.74, 6) is 0. The van der Waals surface area contributed by atoms with Gasteiger partial charge in [-0.05, 0) is 57.3 Å². The van der Waals surface area contributed by atoms with Gasteiger partial charge < -0.3 is 10.0 Å². The summed E-state index contributed by atoms with van der Waals surface area (Å²) in [5.41, 5.74) is 2.92. The maximum Gasteiger partial charge on any atom is 0.0439 e. The molecule has 0 bridgehead atoms. The molecule has 1 heterocycles. The number of aryl methyl sites for hydroxylation is 1. The Labute approximate surface area is 104 Å². The fourth-order valence-corrected chi connectivity index (χ4v) is 2.85. The second-order valence-corrected chi connectivity index (χ2v) is 5.42. The van der Waals surface area contributed by atoms with Gasteiger partial charge in [0.05, 0.1) is 0 Å². The molecule has 0 saturated carbocycles. The smallest absolute Gasteiger partial charge is 0.0439 e. The molecule has 2 heteroatoms. The third-order valence-corrected chi connectivity index (χ3v) is 4.20. The monoisotopic (exact) mass is 233 g/mol. The molecule has 1 saturated heterocycles. The van der Waals surface area contributed by atoms with Crippen LogP contribution >= 0.6 is 0 Å². The number of hydrogen-bond donors (Lipinski definition) is 1. The van der Waals surface area contributed by atoms with Crippen LogP contribution in [-0.2, 0) is 5.41 Å². The minimum atomic E-state index is 0.203. The predicted octanol–water partition coefficient (Wildman–Crippen LogP) is 2.34. The fourth-order valence-electron chi connectivity index (χ4n) is 2.85. The summed E-state index contributed by atoms with van der Waals surface area (Å²) in [6.07, 6.45) is 3.21. The second kappa shape index (κ2) is 5.19. The van der Waals surface area contributed by atoms with Crippen LogP contribution in [0.5, 0.6) is 0 Å². The summed E-state index contributed by atoms with van der Waals surface area (Å²) >= 11 is 0. The Balaban J connectivity index is 2.24. The first kappa shape index (κ1) is 12.6. The number of hydrogen-bond acceptors (Lipinski definition) is 2. The summed E-state index contributed by atoms with van der Waals surface area (Å²) in [5, 5.41) is 9.35. The lowest BCUT2D eigenvalue weighted by molar-refractivity contribution is 0.149. The quantitative estimate of drug-likeness (QED) is 0.866. The SMILES string of the molecule is Cc1ccc(C2(CCO)CCN(C)CC2)cc1. The highest BCUT2D eigenvalue weighted by molar-refractivity contribution is 5.29. The van der Waals surface area contributed by atoms with Gasteiger partial charge in [-0.25, -0.2) is 0 Å². The van der Waals surface area contributed by atoms with Gasteiger partial charge in [0.25, 0.3) is 0 Å². The molecular formula is C15H23NO. The van der Waals surface area contributed by atoms with Gasteiger partial charge in [-0.1, -0.05) is 29.8 Å². The molecule has 0 atom stereocenters. The van der Waals surface area contributed by atoms with Gasteiger partial charge in [0, 0.05) is 6.61 Å². The van der Waals surface area contributed by atoms with Crippen molar-refractivity contribution < 1.29 is 5.11 Å². The van der Waals surface area contributed by atoms with E-state index in [4.69, 9.17) is 0 Å². The zero-order valence-corrected chi connectivity index (χ0v) is 10.9. The van der Waals surface area contributed by atoms with Crippen LogP contribution in [0.2, 0.25) is 0 Å². The standard InChI is InChI=1S/C15H23NO/c1-13-3-5-14(6-4-13)15(9-12-17)7-10-16(2)11-8-15/h3-6,17H,7-12H2,1-2H3. The van der Waals surface area contributed by atoms with Gasteiger partial charge >= 0.3 is 0 Å². The normalized spacial score (nSPS) is 20.4. The van der Waals surface area contributed by atoms with E-state index in [9.17, 15) is 5.11 Å². The van der Waals surface area contributed by atoms with Gasteiger partial charge in [0.15, 0.2) is 0 Å². The lowest BCUT2D eigenvalue weighted by Gasteiger charge is -2.41. The van der Waals surface area contributed by atoms with Crippen molar-refractivity contribution in [2.75, 3.05) is 26.7 Å². The van der Waals surface area contributed by atoms with E-state index in [2.05, 4.69) is 43.1 Å². The topological polar surface area (TPSA) is 23.5 Å². The molecule has 94 valence electrons. The highest BCUT2D eigenvalue weighted by Gasteiger charge is 2.34. The van der Waals surface area contributed by atoms with E-state index in [-0.39, 0.29) is 12.0 Å². The molecule has 0 radical (unpaired) electrons. The van der Waals surface area contributed by atoms with Crippen molar-refractivity contribution in [3.8, 4) is 0 Å². The van der Waals surface area contributed by atoms with E-state index < -0.39 is 0 Å². The van der Waals surface area contributed by atoms with Crippen LogP contribution in [0.15, 0.2) is 24.3 Å². The first-order valence-corrected chi connectivity index (χ1v) is 6.53. The largest absolute Gasteiger partial charge is 0.396 e. The molecule has 17 heavy (non-hydrogen) atoms.